The number of carbonyl (C=O) groups is 1. The molecule has 0 radical (unpaired) electrons. The first-order valence-corrected chi connectivity index (χ1v) is 4.68. The van der Waals surface area contributed by atoms with E-state index in [9.17, 15) is 15.0 Å². The molecule has 0 fully saturated rings. The second-order valence-corrected chi connectivity index (χ2v) is 3.28. The number of phenols is 1. The van der Waals surface area contributed by atoms with Crippen molar-refractivity contribution in [1.82, 2.24) is 0 Å². The van der Waals surface area contributed by atoms with Crippen molar-refractivity contribution in [2.75, 3.05) is 14.2 Å². The molecular weight excluding hydrogens is 212 g/mol. The van der Waals surface area contributed by atoms with Crippen LogP contribution in [0.25, 0.3) is 0 Å². The van der Waals surface area contributed by atoms with Gasteiger partial charge in [-0.15, -0.1) is 0 Å². The van der Waals surface area contributed by atoms with Crippen LogP contribution in [0.5, 0.6) is 11.5 Å². The van der Waals surface area contributed by atoms with E-state index < -0.39 is 12.1 Å². The summed E-state index contributed by atoms with van der Waals surface area (Å²) in [5.74, 6) is -0.607. The van der Waals surface area contributed by atoms with Gasteiger partial charge in [-0.3, -0.25) is 0 Å². The number of esters is 1. The number of ether oxygens (including phenoxy) is 2. The number of hydrogen-bond donors (Lipinski definition) is 2. The smallest absolute Gasteiger partial charge is 0.337 e. The maximum Gasteiger partial charge on any atom is 0.337 e. The lowest BCUT2D eigenvalue weighted by Crippen LogP contribution is -2.04. The summed E-state index contributed by atoms with van der Waals surface area (Å²) in [4.78, 5) is 11.3. The summed E-state index contributed by atoms with van der Waals surface area (Å²) in [6, 6.07) is 2.72. The summed E-state index contributed by atoms with van der Waals surface area (Å²) in [5, 5.41) is 19.1. The Morgan fingerprint density at radius 1 is 1.38 bits per heavy atom. The van der Waals surface area contributed by atoms with Gasteiger partial charge in [0.2, 0.25) is 0 Å². The topological polar surface area (TPSA) is 76.0 Å². The Kier molecular flexibility index (Phi) is 3.73. The van der Waals surface area contributed by atoms with Crippen LogP contribution in [0.1, 0.15) is 28.9 Å². The van der Waals surface area contributed by atoms with Crippen LogP contribution in [-0.2, 0) is 4.74 Å². The SMILES string of the molecule is COC(=O)c1cc(OC)c(O)c(C(C)O)c1. The molecule has 88 valence electrons. The first-order chi connectivity index (χ1) is 7.51. The van der Waals surface area contributed by atoms with Gasteiger partial charge < -0.3 is 19.7 Å². The van der Waals surface area contributed by atoms with E-state index in [0.29, 0.717) is 0 Å². The summed E-state index contributed by atoms with van der Waals surface area (Å²) in [7, 11) is 2.62. The number of carbonyl (C=O) groups excluding carboxylic acids is 1. The molecule has 1 aromatic carbocycles. The molecule has 0 aliphatic rings. The number of rotatable bonds is 3. The van der Waals surface area contributed by atoms with Gasteiger partial charge in [-0.2, -0.15) is 0 Å². The maximum atomic E-state index is 11.3. The summed E-state index contributed by atoms with van der Waals surface area (Å²) in [6.07, 6.45) is -0.904. The van der Waals surface area contributed by atoms with Gasteiger partial charge in [-0.05, 0) is 19.1 Å². The van der Waals surface area contributed by atoms with Crippen LogP contribution in [0.3, 0.4) is 0 Å². The normalized spacial score (nSPS) is 12.0. The fourth-order valence-electron chi connectivity index (χ4n) is 1.34. The summed E-state index contributed by atoms with van der Waals surface area (Å²) < 4.78 is 9.45. The zero-order valence-electron chi connectivity index (χ0n) is 9.35. The third-order valence-electron chi connectivity index (χ3n) is 2.20. The van der Waals surface area contributed by atoms with E-state index in [1.165, 1.54) is 33.3 Å². The number of aliphatic hydroxyl groups excluding tert-OH is 1. The molecule has 0 amide bonds. The summed E-state index contributed by atoms with van der Waals surface area (Å²) in [5.41, 5.74) is 0.438. The van der Waals surface area contributed by atoms with Crippen molar-refractivity contribution in [2.24, 2.45) is 0 Å². The molecule has 1 rings (SSSR count). The summed E-state index contributed by atoms with van der Waals surface area (Å²) in [6.45, 7) is 1.48. The number of methoxy groups -OCH3 is 2. The average molecular weight is 226 g/mol. The van der Waals surface area contributed by atoms with Gasteiger partial charge >= 0.3 is 5.97 Å². The Morgan fingerprint density at radius 2 is 2.00 bits per heavy atom. The van der Waals surface area contributed by atoms with Gasteiger partial charge in [0.05, 0.1) is 25.9 Å². The largest absolute Gasteiger partial charge is 0.504 e. The third kappa shape index (κ3) is 2.25. The predicted molar refractivity (Wildman–Crippen MR) is 56.6 cm³/mol. The molecule has 2 N–H and O–H groups in total. The number of hydrogen-bond acceptors (Lipinski definition) is 5. The molecule has 0 heterocycles. The van der Waals surface area contributed by atoms with Crippen LogP contribution < -0.4 is 4.74 Å². The molecular formula is C11H14O5. The lowest BCUT2D eigenvalue weighted by Gasteiger charge is -2.12. The van der Waals surface area contributed by atoms with Crippen molar-refractivity contribution in [3.8, 4) is 11.5 Å². The molecule has 1 unspecified atom stereocenters. The number of benzene rings is 1. The average Bonchev–Trinajstić information content (AvgIpc) is 2.27. The van der Waals surface area contributed by atoms with Crippen molar-refractivity contribution < 1.29 is 24.5 Å². The molecule has 0 saturated carbocycles. The van der Waals surface area contributed by atoms with Crippen LogP contribution in [-0.4, -0.2) is 30.4 Å². The highest BCUT2D eigenvalue weighted by Crippen LogP contribution is 2.35. The van der Waals surface area contributed by atoms with Crippen molar-refractivity contribution in [2.45, 2.75) is 13.0 Å². The van der Waals surface area contributed by atoms with Crippen LogP contribution in [0.4, 0.5) is 0 Å². The van der Waals surface area contributed by atoms with Gasteiger partial charge in [-0.25, -0.2) is 4.79 Å². The van der Waals surface area contributed by atoms with Crippen molar-refractivity contribution in [1.29, 1.82) is 0 Å². The van der Waals surface area contributed by atoms with Crippen molar-refractivity contribution in [3.05, 3.63) is 23.3 Å². The highest BCUT2D eigenvalue weighted by molar-refractivity contribution is 5.90. The lowest BCUT2D eigenvalue weighted by atomic mass is 10.0. The fourth-order valence-corrected chi connectivity index (χ4v) is 1.34. The minimum atomic E-state index is -0.904. The molecule has 1 aromatic rings. The minimum absolute atomic E-state index is 0.124. The Morgan fingerprint density at radius 3 is 2.44 bits per heavy atom. The second-order valence-electron chi connectivity index (χ2n) is 3.28. The maximum absolute atomic E-state index is 11.3. The monoisotopic (exact) mass is 226 g/mol. The Balaban J connectivity index is 3.34. The van der Waals surface area contributed by atoms with Crippen LogP contribution in [0.15, 0.2) is 12.1 Å². The molecule has 0 spiro atoms. The molecule has 0 bridgehead atoms. The van der Waals surface area contributed by atoms with E-state index in [0.717, 1.165) is 0 Å². The lowest BCUT2D eigenvalue weighted by molar-refractivity contribution is 0.0600. The van der Waals surface area contributed by atoms with Gasteiger partial charge in [0.15, 0.2) is 11.5 Å². The minimum Gasteiger partial charge on any atom is -0.504 e. The molecule has 5 nitrogen and oxygen atoms in total. The summed E-state index contributed by atoms with van der Waals surface area (Å²) >= 11 is 0. The first kappa shape index (κ1) is 12.3. The highest BCUT2D eigenvalue weighted by atomic mass is 16.5. The molecule has 1 atom stereocenters. The molecule has 0 aliphatic carbocycles. The van der Waals surface area contributed by atoms with Crippen molar-refractivity contribution in [3.63, 3.8) is 0 Å². The van der Waals surface area contributed by atoms with Gasteiger partial charge in [-0.1, -0.05) is 0 Å². The second kappa shape index (κ2) is 4.85. The molecule has 0 saturated heterocycles. The van der Waals surface area contributed by atoms with E-state index in [4.69, 9.17) is 4.74 Å². The fraction of sp³-hybridized carbons (Fsp3) is 0.364. The first-order valence-electron chi connectivity index (χ1n) is 4.68. The van der Waals surface area contributed by atoms with Gasteiger partial charge in [0.25, 0.3) is 0 Å². The van der Waals surface area contributed by atoms with E-state index >= 15 is 0 Å². The Hall–Kier alpha value is -1.75. The van der Waals surface area contributed by atoms with E-state index in [1.54, 1.807) is 0 Å². The molecule has 0 aliphatic heterocycles. The number of aromatic hydroxyl groups is 1. The number of phenolic OH excluding ortho intramolecular Hbond substituents is 1. The predicted octanol–water partition coefficient (Wildman–Crippen LogP) is 1.24. The van der Waals surface area contributed by atoms with Crippen molar-refractivity contribution >= 4 is 5.97 Å². The third-order valence-corrected chi connectivity index (χ3v) is 2.20. The zero-order valence-corrected chi connectivity index (χ0v) is 9.35. The standard InChI is InChI=1S/C11H14O5/c1-6(12)8-4-7(11(14)16-3)5-9(15-2)10(8)13/h4-6,12-13H,1-3H3. The molecule has 5 heteroatoms. The highest BCUT2D eigenvalue weighted by Gasteiger charge is 2.17. The van der Waals surface area contributed by atoms with Crippen LogP contribution in [0, 0.1) is 0 Å². The Labute approximate surface area is 93.2 Å². The Bertz CT molecular complexity index is 398. The molecule has 0 aromatic heterocycles. The van der Waals surface area contributed by atoms with Crippen LogP contribution in [0.2, 0.25) is 0 Å². The quantitative estimate of drug-likeness (QED) is 0.758. The molecule has 16 heavy (non-hydrogen) atoms. The zero-order chi connectivity index (χ0) is 12.3. The van der Waals surface area contributed by atoms with E-state index in [1.807, 2.05) is 0 Å². The van der Waals surface area contributed by atoms with E-state index in [2.05, 4.69) is 4.74 Å². The van der Waals surface area contributed by atoms with Gasteiger partial charge in [0, 0.05) is 5.56 Å². The van der Waals surface area contributed by atoms with E-state index in [-0.39, 0.29) is 22.6 Å². The number of aliphatic hydroxyl groups is 1. The van der Waals surface area contributed by atoms with Gasteiger partial charge in [0.1, 0.15) is 0 Å². The van der Waals surface area contributed by atoms with Crippen LogP contribution >= 0.6 is 0 Å².